The topological polar surface area (TPSA) is 77.9 Å². The van der Waals surface area contributed by atoms with Gasteiger partial charge < -0.3 is 10.0 Å². The van der Waals surface area contributed by atoms with E-state index < -0.39 is 16.0 Å². The van der Waals surface area contributed by atoms with E-state index in [2.05, 4.69) is 4.90 Å². The minimum absolute atomic E-state index is 0.106. The molecule has 0 saturated carbocycles. The first-order chi connectivity index (χ1) is 9.34. The molecule has 0 aliphatic carbocycles. The maximum absolute atomic E-state index is 12.6. The summed E-state index contributed by atoms with van der Waals surface area (Å²) in [5, 5.41) is 10.6. The van der Waals surface area contributed by atoms with E-state index in [1.807, 2.05) is 7.05 Å². The van der Waals surface area contributed by atoms with Crippen LogP contribution >= 0.6 is 11.3 Å². The van der Waals surface area contributed by atoms with Crippen LogP contribution in [-0.4, -0.2) is 61.9 Å². The van der Waals surface area contributed by atoms with Gasteiger partial charge in [0, 0.05) is 19.6 Å². The monoisotopic (exact) mass is 318 g/mol. The van der Waals surface area contributed by atoms with E-state index in [0.717, 1.165) is 30.7 Å². The summed E-state index contributed by atoms with van der Waals surface area (Å²) in [6.45, 7) is 1.63. The number of piperidine rings is 1. The Balaban J connectivity index is 2.29. The second-order valence-electron chi connectivity index (χ2n) is 5.00. The summed E-state index contributed by atoms with van der Waals surface area (Å²) in [6, 6.07) is 1.26. The van der Waals surface area contributed by atoms with Crippen LogP contribution in [0, 0.1) is 0 Å². The molecule has 112 valence electrons. The van der Waals surface area contributed by atoms with Gasteiger partial charge in [0.1, 0.15) is 9.77 Å². The van der Waals surface area contributed by atoms with Crippen molar-refractivity contribution in [2.24, 2.45) is 0 Å². The molecule has 8 heteroatoms. The summed E-state index contributed by atoms with van der Waals surface area (Å²) in [6.07, 6.45) is 1.74. The number of carboxylic acids is 1. The number of carbonyl (C=O) groups is 1. The first-order valence-corrected chi connectivity index (χ1v) is 8.63. The predicted molar refractivity (Wildman–Crippen MR) is 76.7 cm³/mol. The van der Waals surface area contributed by atoms with Crippen molar-refractivity contribution in [3.8, 4) is 0 Å². The molecule has 2 rings (SSSR count). The number of aromatic carboxylic acids is 1. The van der Waals surface area contributed by atoms with Crippen molar-refractivity contribution in [3.05, 3.63) is 16.3 Å². The van der Waals surface area contributed by atoms with Gasteiger partial charge >= 0.3 is 5.97 Å². The Morgan fingerprint density at radius 1 is 1.55 bits per heavy atom. The molecule has 1 atom stereocenters. The molecule has 1 aromatic heterocycles. The van der Waals surface area contributed by atoms with E-state index >= 15 is 0 Å². The Bertz CT molecular complexity index is 596. The van der Waals surface area contributed by atoms with Crippen LogP contribution in [0.5, 0.6) is 0 Å². The number of rotatable bonds is 4. The van der Waals surface area contributed by atoms with Crippen molar-refractivity contribution in [3.63, 3.8) is 0 Å². The second-order valence-corrected chi connectivity index (χ2v) is 7.88. The molecule has 0 radical (unpaired) electrons. The van der Waals surface area contributed by atoms with Crippen LogP contribution in [-0.2, 0) is 10.0 Å². The Labute approximate surface area is 122 Å². The first kappa shape index (κ1) is 15.4. The molecule has 6 nitrogen and oxygen atoms in total. The Morgan fingerprint density at radius 2 is 2.25 bits per heavy atom. The third-order valence-corrected chi connectivity index (χ3v) is 6.58. The molecule has 1 aromatic rings. The molecule has 1 N–H and O–H groups in total. The average Bonchev–Trinajstić information content (AvgIpc) is 2.87. The highest BCUT2D eigenvalue weighted by atomic mass is 32.2. The van der Waals surface area contributed by atoms with Gasteiger partial charge in [-0.1, -0.05) is 0 Å². The zero-order valence-corrected chi connectivity index (χ0v) is 13.1. The van der Waals surface area contributed by atoms with E-state index in [4.69, 9.17) is 5.11 Å². The molecule has 1 fully saturated rings. The maximum atomic E-state index is 12.6. The molecule has 20 heavy (non-hydrogen) atoms. The van der Waals surface area contributed by atoms with Gasteiger partial charge in [-0.25, -0.2) is 13.2 Å². The summed E-state index contributed by atoms with van der Waals surface area (Å²) < 4.78 is 26.5. The standard InChI is InChI=1S/C12H18N2O4S2/c1-13-6-3-4-9(8-13)14(2)20(17,18)10-5-7-19-11(10)12(15)16/h5,7,9H,3-4,6,8H2,1-2H3,(H,15,16). The molecular formula is C12H18N2O4S2. The third kappa shape index (κ3) is 2.88. The van der Waals surface area contributed by atoms with E-state index in [0.29, 0.717) is 6.54 Å². The lowest BCUT2D eigenvalue weighted by atomic mass is 10.1. The number of hydrogen-bond acceptors (Lipinski definition) is 5. The number of likely N-dealkylation sites (N-methyl/N-ethyl adjacent to an activating group) is 2. The SMILES string of the molecule is CN1CCCC(N(C)S(=O)(=O)c2ccsc2C(=O)O)C1. The van der Waals surface area contributed by atoms with Gasteiger partial charge in [-0.2, -0.15) is 4.31 Å². The second kappa shape index (κ2) is 5.80. The summed E-state index contributed by atoms with van der Waals surface area (Å²) in [5.41, 5.74) is 0. The van der Waals surface area contributed by atoms with E-state index in [9.17, 15) is 13.2 Å². The Hall–Kier alpha value is -0.960. The molecule has 0 spiro atoms. The van der Waals surface area contributed by atoms with Crippen LogP contribution in [0.1, 0.15) is 22.5 Å². The van der Waals surface area contributed by atoms with Crippen LogP contribution in [0.15, 0.2) is 16.3 Å². The molecule has 1 aliphatic heterocycles. The zero-order valence-electron chi connectivity index (χ0n) is 11.4. The number of thiophene rings is 1. The minimum atomic E-state index is -3.76. The highest BCUT2D eigenvalue weighted by Crippen LogP contribution is 2.27. The number of carboxylic acid groups (broad SMARTS) is 1. The fourth-order valence-corrected chi connectivity index (χ4v) is 5.05. The van der Waals surface area contributed by atoms with Crippen molar-refractivity contribution in [2.75, 3.05) is 27.2 Å². The third-order valence-electron chi connectivity index (χ3n) is 3.59. The number of hydrogen-bond donors (Lipinski definition) is 1. The van der Waals surface area contributed by atoms with Gasteiger partial charge in [-0.05, 0) is 37.9 Å². The summed E-state index contributed by atoms with van der Waals surface area (Å²) in [4.78, 5) is 13.0. The smallest absolute Gasteiger partial charge is 0.347 e. The van der Waals surface area contributed by atoms with E-state index in [1.54, 1.807) is 0 Å². The van der Waals surface area contributed by atoms with Crippen molar-refractivity contribution in [1.29, 1.82) is 0 Å². The van der Waals surface area contributed by atoms with Crippen molar-refractivity contribution in [2.45, 2.75) is 23.8 Å². The lowest BCUT2D eigenvalue weighted by Gasteiger charge is -2.35. The molecule has 1 unspecified atom stereocenters. The normalized spacial score (nSPS) is 21.2. The van der Waals surface area contributed by atoms with Crippen LogP contribution in [0.4, 0.5) is 0 Å². The van der Waals surface area contributed by atoms with Crippen LogP contribution in [0.2, 0.25) is 0 Å². The van der Waals surface area contributed by atoms with Crippen LogP contribution < -0.4 is 0 Å². The summed E-state index contributed by atoms with van der Waals surface area (Å²) >= 11 is 0.933. The number of likely N-dealkylation sites (tertiary alicyclic amines) is 1. The summed E-state index contributed by atoms with van der Waals surface area (Å²) in [7, 11) is -0.270. The average molecular weight is 318 g/mol. The van der Waals surface area contributed by atoms with E-state index in [-0.39, 0.29) is 15.8 Å². The molecule has 0 bridgehead atoms. The fraction of sp³-hybridized carbons (Fsp3) is 0.583. The number of nitrogens with zero attached hydrogens (tertiary/aromatic N) is 2. The molecule has 0 aromatic carbocycles. The zero-order chi connectivity index (χ0) is 14.9. The summed E-state index contributed by atoms with van der Waals surface area (Å²) in [5.74, 6) is -1.20. The van der Waals surface area contributed by atoms with Crippen LogP contribution in [0.3, 0.4) is 0 Å². The van der Waals surface area contributed by atoms with Crippen molar-refractivity contribution < 1.29 is 18.3 Å². The Morgan fingerprint density at radius 3 is 2.85 bits per heavy atom. The maximum Gasteiger partial charge on any atom is 0.347 e. The van der Waals surface area contributed by atoms with Crippen molar-refractivity contribution in [1.82, 2.24) is 9.21 Å². The van der Waals surface area contributed by atoms with Crippen LogP contribution in [0.25, 0.3) is 0 Å². The van der Waals surface area contributed by atoms with Gasteiger partial charge in [0.2, 0.25) is 10.0 Å². The molecule has 1 saturated heterocycles. The van der Waals surface area contributed by atoms with Gasteiger partial charge in [-0.3, -0.25) is 0 Å². The quantitative estimate of drug-likeness (QED) is 0.901. The lowest BCUT2D eigenvalue weighted by Crippen LogP contribution is -2.47. The molecular weight excluding hydrogens is 300 g/mol. The van der Waals surface area contributed by atoms with Gasteiger partial charge in [-0.15, -0.1) is 11.3 Å². The highest BCUT2D eigenvalue weighted by Gasteiger charge is 2.33. The molecule has 2 heterocycles. The number of sulfonamides is 1. The van der Waals surface area contributed by atoms with Crippen molar-refractivity contribution >= 4 is 27.3 Å². The molecule has 0 amide bonds. The lowest BCUT2D eigenvalue weighted by molar-refractivity contribution is 0.0698. The predicted octanol–water partition coefficient (Wildman–Crippen LogP) is 1.16. The van der Waals surface area contributed by atoms with Gasteiger partial charge in [0.05, 0.1) is 0 Å². The minimum Gasteiger partial charge on any atom is -0.477 e. The highest BCUT2D eigenvalue weighted by molar-refractivity contribution is 7.89. The Kier molecular flexibility index (Phi) is 4.48. The molecule has 1 aliphatic rings. The van der Waals surface area contributed by atoms with Gasteiger partial charge in [0.25, 0.3) is 0 Å². The van der Waals surface area contributed by atoms with Gasteiger partial charge in [0.15, 0.2) is 0 Å². The van der Waals surface area contributed by atoms with E-state index in [1.165, 1.54) is 22.8 Å². The first-order valence-electron chi connectivity index (χ1n) is 6.31. The fourth-order valence-electron chi connectivity index (χ4n) is 2.44. The largest absolute Gasteiger partial charge is 0.477 e.